The van der Waals surface area contributed by atoms with Crippen LogP contribution in [0.3, 0.4) is 0 Å². The summed E-state index contributed by atoms with van der Waals surface area (Å²) in [6, 6.07) is 22.3. The van der Waals surface area contributed by atoms with E-state index in [9.17, 15) is 9.59 Å². The molecule has 0 atom stereocenters. The molecule has 0 saturated heterocycles. The van der Waals surface area contributed by atoms with Crippen molar-refractivity contribution < 1.29 is 23.8 Å². The number of methoxy groups -OCH3 is 1. The summed E-state index contributed by atoms with van der Waals surface area (Å²) >= 11 is 11.9. The molecule has 0 bridgehead atoms. The first-order valence-electron chi connectivity index (χ1n) is 10.7. The number of esters is 1. The first-order valence-corrected chi connectivity index (χ1v) is 11.5. The highest BCUT2D eigenvalue weighted by Gasteiger charge is 2.14. The number of hydrogen-bond donors (Lipinski definition) is 1. The lowest BCUT2D eigenvalue weighted by molar-refractivity contribution is -0.123. The standard InChI is InChI=1S/C27H20Cl2N2O5/c1-34-20-10-6-18(7-11-20)27(33)36-24-12-8-17-4-2-3-5-21(17)22(24)15-30-31-26(32)16-35-25-13-9-19(28)14-23(25)29/h2-15H,16H2,1H3,(H,31,32)/b30-15+. The molecule has 36 heavy (non-hydrogen) atoms. The summed E-state index contributed by atoms with van der Waals surface area (Å²) < 4.78 is 16.2. The Morgan fingerprint density at radius 2 is 1.69 bits per heavy atom. The van der Waals surface area contributed by atoms with E-state index in [0.29, 0.717) is 27.6 Å². The lowest BCUT2D eigenvalue weighted by atomic mass is 10.0. The molecule has 182 valence electrons. The van der Waals surface area contributed by atoms with E-state index in [1.807, 2.05) is 30.3 Å². The fourth-order valence-electron chi connectivity index (χ4n) is 3.32. The van der Waals surface area contributed by atoms with Gasteiger partial charge in [-0.05, 0) is 59.3 Å². The highest BCUT2D eigenvalue weighted by Crippen LogP contribution is 2.28. The Hall–Kier alpha value is -4.07. The number of benzene rings is 4. The van der Waals surface area contributed by atoms with Crippen LogP contribution in [-0.4, -0.2) is 31.8 Å². The van der Waals surface area contributed by atoms with Gasteiger partial charge in [-0.15, -0.1) is 0 Å². The Bertz CT molecular complexity index is 1440. The lowest BCUT2D eigenvalue weighted by Gasteiger charge is -2.11. The zero-order chi connectivity index (χ0) is 25.5. The molecule has 4 aromatic rings. The number of carbonyl (C=O) groups excluding carboxylic acids is 2. The van der Waals surface area contributed by atoms with Crippen LogP contribution in [-0.2, 0) is 4.79 Å². The molecular weight excluding hydrogens is 503 g/mol. The van der Waals surface area contributed by atoms with Crippen molar-refractivity contribution in [2.75, 3.05) is 13.7 Å². The zero-order valence-corrected chi connectivity index (χ0v) is 20.5. The van der Waals surface area contributed by atoms with E-state index in [4.69, 9.17) is 37.4 Å². The van der Waals surface area contributed by atoms with Crippen molar-refractivity contribution in [2.24, 2.45) is 5.10 Å². The molecule has 0 aliphatic heterocycles. The maximum absolute atomic E-state index is 12.7. The predicted molar refractivity (Wildman–Crippen MR) is 140 cm³/mol. The molecular formula is C27H20Cl2N2O5. The fraction of sp³-hybridized carbons (Fsp3) is 0.0741. The van der Waals surface area contributed by atoms with Crippen molar-refractivity contribution in [3.05, 3.63) is 100 Å². The highest BCUT2D eigenvalue weighted by molar-refractivity contribution is 6.35. The second-order valence-corrected chi connectivity index (χ2v) is 8.32. The molecule has 9 heteroatoms. The quantitative estimate of drug-likeness (QED) is 0.135. The van der Waals surface area contributed by atoms with E-state index in [-0.39, 0.29) is 17.4 Å². The number of halogens is 2. The van der Waals surface area contributed by atoms with Crippen LogP contribution in [0.2, 0.25) is 10.0 Å². The number of rotatable bonds is 8. The topological polar surface area (TPSA) is 86.2 Å². The monoisotopic (exact) mass is 522 g/mol. The van der Waals surface area contributed by atoms with E-state index < -0.39 is 11.9 Å². The number of hydrogen-bond acceptors (Lipinski definition) is 6. The van der Waals surface area contributed by atoms with Crippen LogP contribution >= 0.6 is 23.2 Å². The molecule has 4 aromatic carbocycles. The Kier molecular flexibility index (Phi) is 8.05. The average Bonchev–Trinajstić information content (AvgIpc) is 2.89. The number of carbonyl (C=O) groups is 2. The Balaban J connectivity index is 1.49. The molecule has 1 amide bonds. The molecule has 0 heterocycles. The first-order chi connectivity index (χ1) is 17.4. The third-order valence-electron chi connectivity index (χ3n) is 5.09. The third kappa shape index (κ3) is 6.13. The van der Waals surface area contributed by atoms with Crippen LogP contribution in [0.1, 0.15) is 15.9 Å². The SMILES string of the molecule is COc1ccc(C(=O)Oc2ccc3ccccc3c2/C=N/NC(=O)COc2ccc(Cl)cc2Cl)cc1. The smallest absolute Gasteiger partial charge is 0.343 e. The predicted octanol–water partition coefficient (Wildman–Crippen LogP) is 5.90. The molecule has 0 unspecified atom stereocenters. The van der Waals surface area contributed by atoms with E-state index >= 15 is 0 Å². The minimum absolute atomic E-state index is 0.289. The van der Waals surface area contributed by atoms with Gasteiger partial charge in [0.25, 0.3) is 5.91 Å². The maximum Gasteiger partial charge on any atom is 0.343 e. The maximum atomic E-state index is 12.7. The van der Waals surface area contributed by atoms with Gasteiger partial charge in [0.05, 0.1) is 23.9 Å². The van der Waals surface area contributed by atoms with E-state index in [1.54, 1.807) is 49.6 Å². The van der Waals surface area contributed by atoms with Crippen LogP contribution < -0.4 is 19.6 Å². The van der Waals surface area contributed by atoms with Crippen LogP contribution in [0.4, 0.5) is 0 Å². The largest absolute Gasteiger partial charge is 0.497 e. The third-order valence-corrected chi connectivity index (χ3v) is 5.63. The number of nitrogens with zero attached hydrogens (tertiary/aromatic N) is 1. The van der Waals surface area contributed by atoms with Crippen molar-refractivity contribution in [1.82, 2.24) is 5.43 Å². The number of fused-ring (bicyclic) bond motifs is 1. The van der Waals surface area contributed by atoms with Crippen LogP contribution in [0.25, 0.3) is 10.8 Å². The molecule has 4 rings (SSSR count). The summed E-state index contributed by atoms with van der Waals surface area (Å²) in [6.45, 7) is -0.312. The van der Waals surface area contributed by atoms with Gasteiger partial charge >= 0.3 is 5.97 Å². The van der Waals surface area contributed by atoms with Crippen LogP contribution in [0, 0.1) is 0 Å². The molecule has 1 N–H and O–H groups in total. The van der Waals surface area contributed by atoms with Gasteiger partial charge in [0.1, 0.15) is 17.2 Å². The molecule has 0 fully saturated rings. The van der Waals surface area contributed by atoms with Crippen molar-refractivity contribution in [1.29, 1.82) is 0 Å². The van der Waals surface area contributed by atoms with Gasteiger partial charge in [-0.1, -0.05) is 53.5 Å². The lowest BCUT2D eigenvalue weighted by Crippen LogP contribution is -2.24. The first kappa shape index (κ1) is 25.0. The van der Waals surface area contributed by atoms with Gasteiger partial charge in [0, 0.05) is 10.6 Å². The number of nitrogens with one attached hydrogen (secondary N) is 1. The van der Waals surface area contributed by atoms with E-state index in [0.717, 1.165) is 10.8 Å². The average molecular weight is 523 g/mol. The molecule has 0 aliphatic rings. The molecule has 0 radical (unpaired) electrons. The van der Waals surface area contributed by atoms with Gasteiger partial charge in [-0.25, -0.2) is 10.2 Å². The van der Waals surface area contributed by atoms with Gasteiger partial charge in [-0.3, -0.25) is 4.79 Å². The summed E-state index contributed by atoms with van der Waals surface area (Å²) in [4.78, 5) is 25.0. The molecule has 0 spiro atoms. The Labute approximate surface area is 217 Å². The molecule has 0 aromatic heterocycles. The molecule has 0 aliphatic carbocycles. The summed E-state index contributed by atoms with van der Waals surface area (Å²) in [5.74, 6) is 0.191. The van der Waals surface area contributed by atoms with Gasteiger partial charge in [0.15, 0.2) is 6.61 Å². The van der Waals surface area contributed by atoms with Crippen LogP contribution in [0.5, 0.6) is 17.2 Å². The van der Waals surface area contributed by atoms with Crippen LogP contribution in [0.15, 0.2) is 84.0 Å². The summed E-state index contributed by atoms with van der Waals surface area (Å²) in [6.07, 6.45) is 1.42. The normalized spacial score (nSPS) is 10.9. The Morgan fingerprint density at radius 3 is 2.44 bits per heavy atom. The number of amides is 1. The molecule has 7 nitrogen and oxygen atoms in total. The van der Waals surface area contributed by atoms with Crippen molar-refractivity contribution in [2.45, 2.75) is 0 Å². The highest BCUT2D eigenvalue weighted by atomic mass is 35.5. The minimum Gasteiger partial charge on any atom is -0.497 e. The minimum atomic E-state index is -0.542. The second kappa shape index (κ2) is 11.6. The van der Waals surface area contributed by atoms with Crippen molar-refractivity contribution in [3.8, 4) is 17.2 Å². The second-order valence-electron chi connectivity index (χ2n) is 7.47. The zero-order valence-electron chi connectivity index (χ0n) is 19.0. The van der Waals surface area contributed by atoms with E-state index in [1.165, 1.54) is 12.3 Å². The number of ether oxygens (including phenoxy) is 3. The Morgan fingerprint density at radius 1 is 0.944 bits per heavy atom. The van der Waals surface area contributed by atoms with E-state index in [2.05, 4.69) is 10.5 Å². The fourth-order valence-corrected chi connectivity index (χ4v) is 3.78. The van der Waals surface area contributed by atoms with Crippen molar-refractivity contribution >= 4 is 52.1 Å². The summed E-state index contributed by atoms with van der Waals surface area (Å²) in [5.41, 5.74) is 3.29. The number of hydrazone groups is 1. The summed E-state index contributed by atoms with van der Waals surface area (Å²) in [5, 5.41) is 6.49. The van der Waals surface area contributed by atoms with Gasteiger partial charge in [0.2, 0.25) is 0 Å². The van der Waals surface area contributed by atoms with Gasteiger partial charge in [-0.2, -0.15) is 5.10 Å². The van der Waals surface area contributed by atoms with Gasteiger partial charge < -0.3 is 14.2 Å². The summed E-state index contributed by atoms with van der Waals surface area (Å²) in [7, 11) is 1.55. The molecule has 0 saturated carbocycles. The van der Waals surface area contributed by atoms with Crippen molar-refractivity contribution in [3.63, 3.8) is 0 Å².